The molecular weight excluding hydrogens is 286 g/mol. The standard InChI is InChI=1S/C10H10BrN5O/c1-5-8(12)9(16-15-5)10(17)14-7-2-3-13-4-6(7)11/h2-4H,12H2,1H3,(H,15,16)(H,13,14,17). The monoisotopic (exact) mass is 295 g/mol. The molecule has 2 heterocycles. The van der Waals surface area contributed by atoms with Gasteiger partial charge in [0.05, 0.1) is 21.5 Å². The van der Waals surface area contributed by atoms with Gasteiger partial charge in [0.25, 0.3) is 5.91 Å². The Balaban J connectivity index is 2.23. The number of nitrogens with one attached hydrogen (secondary N) is 2. The average molecular weight is 296 g/mol. The predicted octanol–water partition coefficient (Wildman–Crippen LogP) is 1.71. The lowest BCUT2D eigenvalue weighted by molar-refractivity contribution is 0.102. The van der Waals surface area contributed by atoms with Crippen molar-refractivity contribution in [3.05, 3.63) is 34.3 Å². The summed E-state index contributed by atoms with van der Waals surface area (Å²) < 4.78 is 0.694. The highest BCUT2D eigenvalue weighted by Gasteiger charge is 2.16. The number of aromatic nitrogens is 3. The van der Waals surface area contributed by atoms with Crippen LogP contribution in [0.2, 0.25) is 0 Å². The largest absolute Gasteiger partial charge is 0.395 e. The summed E-state index contributed by atoms with van der Waals surface area (Å²) in [6, 6.07) is 1.68. The molecule has 17 heavy (non-hydrogen) atoms. The van der Waals surface area contributed by atoms with Crippen LogP contribution in [0.3, 0.4) is 0 Å². The molecule has 0 saturated heterocycles. The topological polar surface area (TPSA) is 96.7 Å². The molecule has 0 saturated carbocycles. The smallest absolute Gasteiger partial charge is 0.278 e. The molecule has 0 spiro atoms. The van der Waals surface area contributed by atoms with Crippen molar-refractivity contribution in [1.29, 1.82) is 0 Å². The second-order valence-corrected chi connectivity index (χ2v) is 4.27. The number of halogens is 1. The summed E-state index contributed by atoms with van der Waals surface area (Å²) in [6.45, 7) is 1.75. The van der Waals surface area contributed by atoms with Crippen molar-refractivity contribution in [1.82, 2.24) is 15.2 Å². The highest BCUT2D eigenvalue weighted by molar-refractivity contribution is 9.10. The van der Waals surface area contributed by atoms with Crippen molar-refractivity contribution >= 4 is 33.2 Å². The molecule has 7 heteroatoms. The van der Waals surface area contributed by atoms with Crippen molar-refractivity contribution in [3.63, 3.8) is 0 Å². The van der Waals surface area contributed by atoms with Crippen molar-refractivity contribution < 1.29 is 4.79 Å². The number of hydrogen-bond acceptors (Lipinski definition) is 4. The molecule has 4 N–H and O–H groups in total. The van der Waals surface area contributed by atoms with Crippen molar-refractivity contribution in [2.75, 3.05) is 11.1 Å². The maximum Gasteiger partial charge on any atom is 0.278 e. The number of anilines is 2. The van der Waals surface area contributed by atoms with E-state index in [9.17, 15) is 4.79 Å². The zero-order chi connectivity index (χ0) is 12.4. The highest BCUT2D eigenvalue weighted by Crippen LogP contribution is 2.21. The molecule has 1 amide bonds. The first-order valence-electron chi connectivity index (χ1n) is 4.81. The van der Waals surface area contributed by atoms with Gasteiger partial charge in [-0.3, -0.25) is 14.9 Å². The summed E-state index contributed by atoms with van der Waals surface area (Å²) in [5.41, 5.74) is 7.54. The number of carbonyl (C=O) groups is 1. The van der Waals surface area contributed by atoms with Gasteiger partial charge in [-0.15, -0.1) is 0 Å². The Bertz CT molecular complexity index is 566. The normalized spacial score (nSPS) is 10.2. The van der Waals surface area contributed by atoms with Crippen LogP contribution in [0.4, 0.5) is 11.4 Å². The fraction of sp³-hybridized carbons (Fsp3) is 0.100. The molecule has 0 fully saturated rings. The minimum absolute atomic E-state index is 0.186. The second-order valence-electron chi connectivity index (χ2n) is 3.42. The molecule has 0 aliphatic rings. The van der Waals surface area contributed by atoms with E-state index in [2.05, 4.69) is 36.4 Å². The number of rotatable bonds is 2. The van der Waals surface area contributed by atoms with Gasteiger partial charge < -0.3 is 11.1 Å². The number of pyridine rings is 1. The van der Waals surface area contributed by atoms with Crippen molar-refractivity contribution in [2.24, 2.45) is 0 Å². The highest BCUT2D eigenvalue weighted by atomic mass is 79.9. The first-order valence-corrected chi connectivity index (χ1v) is 5.60. The van der Waals surface area contributed by atoms with Gasteiger partial charge in [-0.1, -0.05) is 0 Å². The molecule has 0 atom stereocenters. The van der Waals surface area contributed by atoms with E-state index in [-0.39, 0.29) is 11.6 Å². The summed E-state index contributed by atoms with van der Waals surface area (Å²) in [6.07, 6.45) is 3.17. The number of nitrogen functional groups attached to an aromatic ring is 1. The van der Waals surface area contributed by atoms with Crippen molar-refractivity contribution in [2.45, 2.75) is 6.92 Å². The molecule has 2 rings (SSSR count). The Kier molecular flexibility index (Phi) is 3.10. The maximum atomic E-state index is 11.9. The maximum absolute atomic E-state index is 11.9. The van der Waals surface area contributed by atoms with E-state index in [1.165, 1.54) is 0 Å². The molecular formula is C10H10BrN5O. The van der Waals surface area contributed by atoms with Gasteiger partial charge in [0.1, 0.15) is 0 Å². The SMILES string of the molecule is Cc1[nH]nc(C(=O)Nc2ccncc2Br)c1N. The van der Waals surface area contributed by atoms with Gasteiger partial charge in [0, 0.05) is 12.4 Å². The zero-order valence-corrected chi connectivity index (χ0v) is 10.6. The Morgan fingerprint density at radius 3 is 2.94 bits per heavy atom. The molecule has 0 aliphatic carbocycles. The molecule has 2 aromatic rings. The summed E-state index contributed by atoms with van der Waals surface area (Å²) in [5.74, 6) is -0.362. The Morgan fingerprint density at radius 2 is 2.35 bits per heavy atom. The van der Waals surface area contributed by atoms with E-state index < -0.39 is 0 Å². The van der Waals surface area contributed by atoms with E-state index in [0.717, 1.165) is 0 Å². The Hall–Kier alpha value is -1.89. The van der Waals surface area contributed by atoms with Crippen LogP contribution in [0.15, 0.2) is 22.9 Å². The van der Waals surface area contributed by atoms with E-state index >= 15 is 0 Å². The third-order valence-corrected chi connectivity index (χ3v) is 2.86. The molecule has 0 unspecified atom stereocenters. The summed E-state index contributed by atoms with van der Waals surface area (Å²) >= 11 is 3.28. The number of aryl methyl sites for hydroxylation is 1. The van der Waals surface area contributed by atoms with E-state index in [0.29, 0.717) is 21.5 Å². The minimum Gasteiger partial charge on any atom is -0.395 e. The van der Waals surface area contributed by atoms with Crippen LogP contribution in [0, 0.1) is 6.92 Å². The number of H-pyrrole nitrogens is 1. The van der Waals surface area contributed by atoms with Crippen LogP contribution < -0.4 is 11.1 Å². The number of nitrogens with two attached hydrogens (primary N) is 1. The summed E-state index contributed by atoms with van der Waals surface area (Å²) in [4.78, 5) is 15.8. The van der Waals surface area contributed by atoms with Gasteiger partial charge in [-0.25, -0.2) is 0 Å². The van der Waals surface area contributed by atoms with Crippen LogP contribution >= 0.6 is 15.9 Å². The molecule has 88 valence electrons. The predicted molar refractivity (Wildman–Crippen MR) is 67.6 cm³/mol. The van der Waals surface area contributed by atoms with Crippen LogP contribution in [-0.4, -0.2) is 21.1 Å². The third-order valence-electron chi connectivity index (χ3n) is 2.23. The molecule has 0 aliphatic heterocycles. The van der Waals surface area contributed by atoms with Gasteiger partial charge in [0.2, 0.25) is 0 Å². The number of nitrogens with zero attached hydrogens (tertiary/aromatic N) is 2. The number of hydrogen-bond donors (Lipinski definition) is 3. The lowest BCUT2D eigenvalue weighted by Crippen LogP contribution is -2.14. The van der Waals surface area contributed by atoms with Crippen LogP contribution in [-0.2, 0) is 0 Å². The number of amides is 1. The first kappa shape index (κ1) is 11.6. The molecule has 2 aromatic heterocycles. The third kappa shape index (κ3) is 2.28. The molecule has 0 radical (unpaired) electrons. The van der Waals surface area contributed by atoms with Crippen LogP contribution in [0.25, 0.3) is 0 Å². The fourth-order valence-corrected chi connectivity index (χ4v) is 1.62. The first-order chi connectivity index (χ1) is 8.09. The Morgan fingerprint density at radius 1 is 1.59 bits per heavy atom. The van der Waals surface area contributed by atoms with Crippen LogP contribution in [0.1, 0.15) is 16.2 Å². The van der Waals surface area contributed by atoms with Gasteiger partial charge in [-0.2, -0.15) is 5.10 Å². The van der Waals surface area contributed by atoms with Crippen molar-refractivity contribution in [3.8, 4) is 0 Å². The van der Waals surface area contributed by atoms with Gasteiger partial charge >= 0.3 is 0 Å². The van der Waals surface area contributed by atoms with Gasteiger partial charge in [-0.05, 0) is 28.9 Å². The minimum atomic E-state index is -0.362. The Labute approximate surface area is 106 Å². The quantitative estimate of drug-likeness (QED) is 0.786. The van der Waals surface area contributed by atoms with Crippen LogP contribution in [0.5, 0.6) is 0 Å². The fourth-order valence-electron chi connectivity index (χ4n) is 1.27. The molecule has 6 nitrogen and oxygen atoms in total. The zero-order valence-electron chi connectivity index (χ0n) is 8.99. The summed E-state index contributed by atoms with van der Waals surface area (Å²) in [7, 11) is 0. The van der Waals surface area contributed by atoms with E-state index in [1.54, 1.807) is 25.4 Å². The second kappa shape index (κ2) is 4.54. The van der Waals surface area contributed by atoms with E-state index in [1.807, 2.05) is 0 Å². The lowest BCUT2D eigenvalue weighted by Gasteiger charge is -2.05. The summed E-state index contributed by atoms with van der Waals surface area (Å²) in [5, 5.41) is 9.20. The lowest BCUT2D eigenvalue weighted by atomic mass is 10.3. The molecule has 0 aromatic carbocycles. The number of aromatic amines is 1. The number of carbonyl (C=O) groups excluding carboxylic acids is 1. The van der Waals surface area contributed by atoms with E-state index in [4.69, 9.17) is 5.73 Å². The van der Waals surface area contributed by atoms with Gasteiger partial charge in [0.15, 0.2) is 5.69 Å². The average Bonchev–Trinajstić information content (AvgIpc) is 2.63. The molecule has 0 bridgehead atoms.